The maximum atomic E-state index is 10.2. The van der Waals surface area contributed by atoms with Crippen molar-refractivity contribution in [2.45, 2.75) is 29.8 Å². The highest BCUT2D eigenvalue weighted by molar-refractivity contribution is 8.20. The molecule has 1 saturated heterocycles. The highest BCUT2D eigenvalue weighted by atomic mass is 32.2. The molecule has 9 heteroatoms. The molecule has 19 heavy (non-hydrogen) atoms. The second-order valence-electron chi connectivity index (χ2n) is 4.16. The van der Waals surface area contributed by atoms with E-state index in [2.05, 4.69) is 16.9 Å². The molecule has 1 aliphatic rings. The minimum absolute atomic E-state index is 0.384. The molecule has 3 unspecified atom stereocenters. The third kappa shape index (κ3) is 2.70. The third-order valence-electron chi connectivity index (χ3n) is 3.03. The van der Waals surface area contributed by atoms with Crippen LogP contribution in [0.4, 0.5) is 0 Å². The molecule has 0 amide bonds. The molecule has 1 aromatic rings. The third-order valence-corrected chi connectivity index (χ3v) is 3.68. The number of ether oxygens (including phenoxy) is 1. The molecular weight excluding hydrogens is 269 g/mol. The standard InChI is InChI=1S/C10H14BN3O4S/c1-2-5-3-14(13-12-5)7-8(16)6(4-15)18-10(19-11)9(7)17/h2-3,6-10,15-17H,1,4H2/t6?,7?,8-,9?,10+/m0/s1. The molecule has 1 fully saturated rings. The predicted octanol–water partition coefficient (Wildman–Crippen LogP) is -1.28. The topological polar surface area (TPSA) is 101 Å². The first-order chi connectivity index (χ1) is 9.12. The van der Waals surface area contributed by atoms with Crippen molar-refractivity contribution in [3.63, 3.8) is 0 Å². The number of hydrogen-bond acceptors (Lipinski definition) is 7. The monoisotopic (exact) mass is 283 g/mol. The number of aromatic nitrogens is 3. The van der Waals surface area contributed by atoms with Crippen LogP contribution < -0.4 is 0 Å². The highest BCUT2D eigenvalue weighted by Crippen LogP contribution is 2.33. The molecule has 5 atom stereocenters. The smallest absolute Gasteiger partial charge is 0.165 e. The van der Waals surface area contributed by atoms with Crippen LogP contribution in [-0.4, -0.2) is 67.8 Å². The average Bonchev–Trinajstić information content (AvgIpc) is 2.88. The Kier molecular flexibility index (Phi) is 4.64. The van der Waals surface area contributed by atoms with Crippen LogP contribution >= 0.6 is 11.6 Å². The number of aliphatic hydroxyl groups excluding tert-OH is 3. The maximum absolute atomic E-state index is 10.2. The van der Waals surface area contributed by atoms with Gasteiger partial charge in [-0.1, -0.05) is 11.8 Å². The van der Waals surface area contributed by atoms with Crippen LogP contribution in [0.25, 0.3) is 6.08 Å². The minimum Gasteiger partial charge on any atom is -0.394 e. The summed E-state index contributed by atoms with van der Waals surface area (Å²) in [5.41, 5.74) is -0.245. The van der Waals surface area contributed by atoms with E-state index < -0.39 is 29.8 Å². The lowest BCUT2D eigenvalue weighted by Gasteiger charge is -2.41. The van der Waals surface area contributed by atoms with Gasteiger partial charge < -0.3 is 20.1 Å². The van der Waals surface area contributed by atoms with E-state index in [1.54, 1.807) is 6.20 Å². The van der Waals surface area contributed by atoms with Crippen molar-refractivity contribution in [1.82, 2.24) is 15.0 Å². The Morgan fingerprint density at radius 2 is 2.26 bits per heavy atom. The van der Waals surface area contributed by atoms with Crippen molar-refractivity contribution < 1.29 is 20.1 Å². The van der Waals surface area contributed by atoms with Crippen LogP contribution in [-0.2, 0) is 4.74 Å². The number of rotatable bonds is 4. The Balaban J connectivity index is 2.30. The molecule has 0 bridgehead atoms. The van der Waals surface area contributed by atoms with Gasteiger partial charge >= 0.3 is 0 Å². The summed E-state index contributed by atoms with van der Waals surface area (Å²) in [6, 6.07) is -0.798. The second-order valence-corrected chi connectivity index (χ2v) is 4.90. The van der Waals surface area contributed by atoms with Crippen LogP contribution in [0.3, 0.4) is 0 Å². The fourth-order valence-electron chi connectivity index (χ4n) is 2.02. The van der Waals surface area contributed by atoms with Crippen molar-refractivity contribution in [2.75, 3.05) is 6.61 Å². The highest BCUT2D eigenvalue weighted by Gasteiger charge is 2.45. The summed E-state index contributed by atoms with van der Waals surface area (Å²) in [6.45, 7) is 3.18. The molecule has 2 heterocycles. The molecule has 3 N–H and O–H groups in total. The van der Waals surface area contributed by atoms with Crippen molar-refractivity contribution in [2.24, 2.45) is 0 Å². The SMILES string of the molecule is [B]S[C@H]1OC(CO)[C@H](O)C(n2cc(C=C)nn2)C1O. The molecule has 0 saturated carbocycles. The normalized spacial score (nSPS) is 35.2. The van der Waals surface area contributed by atoms with E-state index in [-0.39, 0.29) is 6.61 Å². The zero-order valence-corrected chi connectivity index (χ0v) is 10.8. The first-order valence-corrected chi connectivity index (χ1v) is 6.59. The molecule has 2 rings (SSSR count). The number of aliphatic hydroxyl groups is 3. The lowest BCUT2D eigenvalue weighted by molar-refractivity contribution is -0.178. The zero-order chi connectivity index (χ0) is 14.0. The van der Waals surface area contributed by atoms with Crippen molar-refractivity contribution >= 4 is 24.8 Å². The van der Waals surface area contributed by atoms with E-state index in [9.17, 15) is 15.3 Å². The van der Waals surface area contributed by atoms with Crippen molar-refractivity contribution in [1.29, 1.82) is 0 Å². The summed E-state index contributed by atoms with van der Waals surface area (Å²) in [7, 11) is 5.43. The quantitative estimate of drug-likeness (QED) is 0.591. The van der Waals surface area contributed by atoms with Crippen LogP contribution in [0.2, 0.25) is 0 Å². The minimum atomic E-state index is -1.12. The van der Waals surface area contributed by atoms with E-state index >= 15 is 0 Å². The second kappa shape index (κ2) is 6.06. The Morgan fingerprint density at radius 1 is 1.53 bits per heavy atom. The molecule has 102 valence electrons. The Morgan fingerprint density at radius 3 is 2.79 bits per heavy atom. The van der Waals surface area contributed by atoms with Crippen LogP contribution in [0.5, 0.6) is 0 Å². The lowest BCUT2D eigenvalue weighted by atomic mass is 9.97. The molecule has 7 nitrogen and oxygen atoms in total. The van der Waals surface area contributed by atoms with Gasteiger partial charge in [-0.05, 0) is 6.08 Å². The van der Waals surface area contributed by atoms with E-state index in [1.165, 1.54) is 10.8 Å². The van der Waals surface area contributed by atoms with Crippen molar-refractivity contribution in [3.05, 3.63) is 18.5 Å². The Labute approximate surface area is 115 Å². The van der Waals surface area contributed by atoms with Gasteiger partial charge in [-0.15, -0.1) is 5.10 Å². The fraction of sp³-hybridized carbons (Fsp3) is 0.600. The fourth-order valence-corrected chi connectivity index (χ4v) is 2.55. The summed E-state index contributed by atoms with van der Waals surface area (Å²) in [4.78, 5) is 0. The van der Waals surface area contributed by atoms with Gasteiger partial charge in [0.1, 0.15) is 35.5 Å². The van der Waals surface area contributed by atoms with Gasteiger partial charge in [-0.3, -0.25) is 0 Å². The molecule has 1 aromatic heterocycles. The molecule has 1 aliphatic heterocycles. The molecule has 2 radical (unpaired) electrons. The summed E-state index contributed by atoms with van der Waals surface area (Å²) in [5, 5.41) is 37.2. The maximum Gasteiger partial charge on any atom is 0.165 e. The van der Waals surface area contributed by atoms with E-state index in [0.29, 0.717) is 5.69 Å². The van der Waals surface area contributed by atoms with E-state index in [1.807, 2.05) is 0 Å². The van der Waals surface area contributed by atoms with Gasteiger partial charge in [0.2, 0.25) is 0 Å². The van der Waals surface area contributed by atoms with Crippen molar-refractivity contribution in [3.8, 4) is 0 Å². The van der Waals surface area contributed by atoms with Gasteiger partial charge in [0.05, 0.1) is 12.8 Å². The number of hydrogen-bond donors (Lipinski definition) is 3. The van der Waals surface area contributed by atoms with E-state index in [4.69, 9.17) is 11.9 Å². The van der Waals surface area contributed by atoms with Crippen LogP contribution in [0, 0.1) is 0 Å². The van der Waals surface area contributed by atoms with Gasteiger partial charge in [0, 0.05) is 0 Å². The van der Waals surface area contributed by atoms with Crippen LogP contribution in [0.1, 0.15) is 11.7 Å². The molecular formula is C10H14BN3O4S. The Bertz CT molecular complexity index is 430. The number of nitrogens with zero attached hydrogens (tertiary/aromatic N) is 3. The zero-order valence-electron chi connectivity index (χ0n) is 10.0. The largest absolute Gasteiger partial charge is 0.394 e. The first-order valence-electron chi connectivity index (χ1n) is 5.64. The summed E-state index contributed by atoms with van der Waals surface area (Å²) >= 11 is 0.810. The van der Waals surface area contributed by atoms with Crippen LogP contribution in [0.15, 0.2) is 12.8 Å². The van der Waals surface area contributed by atoms with Gasteiger partial charge in [0.25, 0.3) is 0 Å². The summed E-state index contributed by atoms with van der Waals surface area (Å²) in [6.07, 6.45) is 0.00307. The Hall–Kier alpha value is -0.865. The predicted molar refractivity (Wildman–Crippen MR) is 70.3 cm³/mol. The average molecular weight is 283 g/mol. The van der Waals surface area contributed by atoms with Gasteiger partial charge in [-0.2, -0.15) is 11.6 Å². The van der Waals surface area contributed by atoms with Gasteiger partial charge in [0.15, 0.2) is 7.12 Å². The van der Waals surface area contributed by atoms with Gasteiger partial charge in [-0.25, -0.2) is 4.68 Å². The summed E-state index contributed by atoms with van der Waals surface area (Å²) in [5.74, 6) is 0. The molecule has 0 aliphatic carbocycles. The molecule has 0 spiro atoms. The lowest BCUT2D eigenvalue weighted by Crippen LogP contribution is -2.55. The summed E-state index contributed by atoms with van der Waals surface area (Å²) < 4.78 is 6.63. The first kappa shape index (κ1) is 14.5. The molecule has 0 aromatic carbocycles. The van der Waals surface area contributed by atoms with E-state index in [0.717, 1.165) is 11.6 Å².